The van der Waals surface area contributed by atoms with Crippen molar-refractivity contribution in [1.29, 1.82) is 5.26 Å². The summed E-state index contributed by atoms with van der Waals surface area (Å²) in [6.45, 7) is 0. The number of allylic oxidation sites excluding steroid dienone is 1. The van der Waals surface area contributed by atoms with Crippen LogP contribution in [0.3, 0.4) is 0 Å². The molecule has 0 spiro atoms. The number of hydrogen-bond donors (Lipinski definition) is 3. The van der Waals surface area contributed by atoms with Crippen LogP contribution in [0.4, 0.5) is 5.69 Å². The Morgan fingerprint density at radius 1 is 1.03 bits per heavy atom. The predicted molar refractivity (Wildman–Crippen MR) is 122 cm³/mol. The Balaban J connectivity index is 1.89. The van der Waals surface area contributed by atoms with Gasteiger partial charge in [-0.2, -0.15) is 5.26 Å². The Bertz CT molecular complexity index is 1170. The van der Waals surface area contributed by atoms with Crippen molar-refractivity contribution in [3.05, 3.63) is 100 Å². The lowest BCUT2D eigenvalue weighted by Gasteiger charge is -2.14. The zero-order valence-electron chi connectivity index (χ0n) is 16.8. The number of nitrogens with two attached hydrogens (primary N) is 2. The standard InChI is InChI=1S/C24H21N3O3S/c1-30-24(29)16-11-9-15(10-12-16)22(28)18-6-4-5-17(13-18)19(14-25)23(27)31-21-8-3-2-7-20(21)26/h2-13,22,28H,26-27H2,1H3/b23-19+. The van der Waals surface area contributed by atoms with Gasteiger partial charge in [0.2, 0.25) is 0 Å². The monoisotopic (exact) mass is 431 g/mol. The molecular formula is C24H21N3O3S. The van der Waals surface area contributed by atoms with Crippen molar-refractivity contribution in [3.8, 4) is 6.07 Å². The maximum atomic E-state index is 11.6. The maximum Gasteiger partial charge on any atom is 0.337 e. The number of aliphatic hydroxyl groups is 1. The molecule has 0 radical (unpaired) electrons. The van der Waals surface area contributed by atoms with Gasteiger partial charge in [-0.3, -0.25) is 0 Å². The third-order valence-electron chi connectivity index (χ3n) is 4.64. The molecule has 7 heteroatoms. The molecule has 0 aliphatic heterocycles. The minimum Gasteiger partial charge on any atom is -0.465 e. The smallest absolute Gasteiger partial charge is 0.337 e. The fourth-order valence-corrected chi connectivity index (χ4v) is 3.82. The number of benzene rings is 3. The van der Waals surface area contributed by atoms with Gasteiger partial charge in [0.15, 0.2) is 0 Å². The molecule has 0 saturated heterocycles. The summed E-state index contributed by atoms with van der Waals surface area (Å²) in [5.41, 5.74) is 15.2. The molecule has 1 unspecified atom stereocenters. The number of carbonyl (C=O) groups is 1. The quantitative estimate of drug-likeness (QED) is 0.233. The minimum absolute atomic E-state index is 0.295. The second-order valence-corrected chi connectivity index (χ2v) is 7.72. The molecule has 156 valence electrons. The highest BCUT2D eigenvalue weighted by Crippen LogP contribution is 2.33. The number of nitrogens with zero attached hydrogens (tertiary/aromatic N) is 1. The molecule has 6 nitrogen and oxygen atoms in total. The van der Waals surface area contributed by atoms with Crippen LogP contribution in [0.15, 0.2) is 82.7 Å². The minimum atomic E-state index is -0.940. The van der Waals surface area contributed by atoms with Crippen LogP contribution < -0.4 is 11.5 Å². The highest BCUT2D eigenvalue weighted by atomic mass is 32.2. The summed E-state index contributed by atoms with van der Waals surface area (Å²) in [5.74, 6) is -0.445. The molecule has 0 bridgehead atoms. The average molecular weight is 432 g/mol. The number of ether oxygens (including phenoxy) is 1. The van der Waals surface area contributed by atoms with E-state index in [9.17, 15) is 15.2 Å². The van der Waals surface area contributed by atoms with E-state index in [0.717, 1.165) is 4.90 Å². The van der Waals surface area contributed by atoms with Crippen LogP contribution in [0, 0.1) is 11.3 Å². The second kappa shape index (κ2) is 9.85. The third-order valence-corrected chi connectivity index (χ3v) is 5.65. The van der Waals surface area contributed by atoms with Crippen molar-refractivity contribution in [3.63, 3.8) is 0 Å². The van der Waals surface area contributed by atoms with Crippen molar-refractivity contribution < 1.29 is 14.6 Å². The van der Waals surface area contributed by atoms with Crippen molar-refractivity contribution in [2.75, 3.05) is 12.8 Å². The Kier molecular flexibility index (Phi) is 6.98. The van der Waals surface area contributed by atoms with E-state index in [1.54, 1.807) is 54.6 Å². The zero-order valence-corrected chi connectivity index (χ0v) is 17.6. The van der Waals surface area contributed by atoms with Gasteiger partial charge in [0.05, 0.1) is 23.3 Å². The van der Waals surface area contributed by atoms with Crippen molar-refractivity contribution >= 4 is 29.0 Å². The predicted octanol–water partition coefficient (Wildman–Crippen LogP) is 4.08. The molecule has 31 heavy (non-hydrogen) atoms. The molecule has 1 atom stereocenters. The first-order valence-corrected chi connectivity index (χ1v) is 10.1. The molecule has 3 rings (SSSR count). The van der Waals surface area contributed by atoms with Gasteiger partial charge in [-0.05, 0) is 47.0 Å². The van der Waals surface area contributed by atoms with Crippen LogP contribution >= 0.6 is 11.8 Å². The fraction of sp³-hybridized carbons (Fsp3) is 0.0833. The third kappa shape index (κ3) is 5.07. The molecule has 3 aromatic carbocycles. The summed E-state index contributed by atoms with van der Waals surface area (Å²) in [7, 11) is 1.31. The van der Waals surface area contributed by atoms with Gasteiger partial charge in [-0.25, -0.2) is 4.79 Å². The molecule has 0 fully saturated rings. The lowest BCUT2D eigenvalue weighted by atomic mass is 9.97. The molecule has 0 saturated carbocycles. The molecule has 0 aromatic heterocycles. The van der Waals surface area contributed by atoms with E-state index >= 15 is 0 Å². The van der Waals surface area contributed by atoms with Crippen LogP contribution in [0.5, 0.6) is 0 Å². The summed E-state index contributed by atoms with van der Waals surface area (Å²) >= 11 is 1.22. The van der Waals surface area contributed by atoms with Crippen molar-refractivity contribution in [2.45, 2.75) is 11.0 Å². The molecule has 0 amide bonds. The SMILES string of the molecule is COC(=O)c1ccc(C(O)c2cccc(/C(C#N)=C(\N)Sc3ccccc3N)c2)cc1. The Morgan fingerprint density at radius 3 is 2.39 bits per heavy atom. The summed E-state index contributed by atoms with van der Waals surface area (Å²) in [4.78, 5) is 12.3. The number of nitriles is 1. The summed E-state index contributed by atoms with van der Waals surface area (Å²) in [6.07, 6.45) is -0.940. The number of anilines is 1. The number of esters is 1. The van der Waals surface area contributed by atoms with Crippen LogP contribution in [-0.2, 0) is 4.74 Å². The van der Waals surface area contributed by atoms with Crippen molar-refractivity contribution in [2.24, 2.45) is 5.73 Å². The average Bonchev–Trinajstić information content (AvgIpc) is 2.80. The highest BCUT2D eigenvalue weighted by molar-refractivity contribution is 8.03. The highest BCUT2D eigenvalue weighted by Gasteiger charge is 2.15. The van der Waals surface area contributed by atoms with E-state index in [-0.39, 0.29) is 0 Å². The normalized spacial score (nSPS) is 12.4. The van der Waals surface area contributed by atoms with Crippen LogP contribution in [0.1, 0.15) is 33.2 Å². The maximum absolute atomic E-state index is 11.6. The second-order valence-electron chi connectivity index (χ2n) is 6.63. The van der Waals surface area contributed by atoms with E-state index in [1.807, 2.05) is 18.2 Å². The first-order valence-electron chi connectivity index (χ1n) is 9.33. The van der Waals surface area contributed by atoms with E-state index in [0.29, 0.717) is 38.5 Å². The molecule has 3 aromatic rings. The Hall–Kier alpha value is -3.73. The summed E-state index contributed by atoms with van der Waals surface area (Å²) in [6, 6.07) is 22.9. The Morgan fingerprint density at radius 2 is 1.74 bits per heavy atom. The number of thioether (sulfide) groups is 1. The molecule has 0 aliphatic rings. The number of rotatable bonds is 6. The largest absolute Gasteiger partial charge is 0.465 e. The summed E-state index contributed by atoms with van der Waals surface area (Å²) in [5, 5.41) is 20.8. The van der Waals surface area contributed by atoms with Gasteiger partial charge in [0.1, 0.15) is 12.2 Å². The molecule has 5 N–H and O–H groups in total. The first kappa shape index (κ1) is 22.0. The number of carbonyl (C=O) groups excluding carboxylic acids is 1. The number of hydrogen-bond acceptors (Lipinski definition) is 7. The van der Waals surface area contributed by atoms with E-state index in [4.69, 9.17) is 11.5 Å². The number of nitrogen functional groups attached to an aromatic ring is 1. The lowest BCUT2D eigenvalue weighted by molar-refractivity contribution is 0.0600. The van der Waals surface area contributed by atoms with Crippen LogP contribution in [-0.4, -0.2) is 18.2 Å². The van der Waals surface area contributed by atoms with E-state index in [2.05, 4.69) is 10.8 Å². The van der Waals surface area contributed by atoms with E-state index in [1.165, 1.54) is 18.9 Å². The number of para-hydroxylation sites is 1. The van der Waals surface area contributed by atoms with E-state index < -0.39 is 12.1 Å². The van der Waals surface area contributed by atoms with Gasteiger partial charge < -0.3 is 21.3 Å². The summed E-state index contributed by atoms with van der Waals surface area (Å²) < 4.78 is 4.69. The van der Waals surface area contributed by atoms with Gasteiger partial charge in [-0.15, -0.1) is 0 Å². The molecule has 0 aliphatic carbocycles. The van der Waals surface area contributed by atoms with Gasteiger partial charge in [-0.1, -0.05) is 54.2 Å². The van der Waals surface area contributed by atoms with Crippen LogP contribution in [0.25, 0.3) is 5.57 Å². The Labute approximate surface area is 184 Å². The topological polar surface area (TPSA) is 122 Å². The zero-order chi connectivity index (χ0) is 22.4. The first-order chi connectivity index (χ1) is 14.9. The van der Waals surface area contributed by atoms with Gasteiger partial charge >= 0.3 is 5.97 Å². The van der Waals surface area contributed by atoms with Crippen molar-refractivity contribution in [1.82, 2.24) is 0 Å². The molecular weight excluding hydrogens is 410 g/mol. The number of methoxy groups -OCH3 is 1. The fourth-order valence-electron chi connectivity index (χ4n) is 2.98. The molecule has 0 heterocycles. The van der Waals surface area contributed by atoms with Gasteiger partial charge in [0, 0.05) is 10.6 Å². The number of aliphatic hydroxyl groups excluding tert-OH is 1. The van der Waals surface area contributed by atoms with Gasteiger partial charge in [0.25, 0.3) is 0 Å². The van der Waals surface area contributed by atoms with Crippen LogP contribution in [0.2, 0.25) is 0 Å². The lowest BCUT2D eigenvalue weighted by Crippen LogP contribution is -2.04.